The molecule has 1 aliphatic rings. The van der Waals surface area contributed by atoms with E-state index in [1.54, 1.807) is 12.1 Å². The van der Waals surface area contributed by atoms with Gasteiger partial charge in [0.05, 0.1) is 12.7 Å². The Kier molecular flexibility index (Phi) is 6.43. The molecule has 1 heterocycles. The van der Waals surface area contributed by atoms with Gasteiger partial charge in [0, 0.05) is 45.0 Å². The fraction of sp³-hybridized carbons (Fsp3) is 0.529. The minimum atomic E-state index is -0.333. The molecule has 0 spiro atoms. The van der Waals surface area contributed by atoms with E-state index >= 15 is 0 Å². The van der Waals surface area contributed by atoms with Crippen molar-refractivity contribution >= 4 is 17.7 Å². The molecule has 0 aliphatic carbocycles. The molecule has 0 unspecified atom stereocenters. The van der Waals surface area contributed by atoms with Crippen molar-refractivity contribution < 1.29 is 14.3 Å². The third-order valence-corrected chi connectivity index (χ3v) is 4.06. The van der Waals surface area contributed by atoms with E-state index in [2.05, 4.69) is 10.2 Å². The Morgan fingerprint density at radius 1 is 1.12 bits per heavy atom. The molecular weight excluding hydrogens is 308 g/mol. The summed E-state index contributed by atoms with van der Waals surface area (Å²) in [6.45, 7) is 4.41. The van der Waals surface area contributed by atoms with E-state index in [0.717, 1.165) is 25.3 Å². The highest BCUT2D eigenvalue weighted by atomic mass is 16.5. The summed E-state index contributed by atoms with van der Waals surface area (Å²) >= 11 is 0. The van der Waals surface area contributed by atoms with Crippen molar-refractivity contribution in [3.8, 4) is 0 Å². The average Bonchev–Trinajstić information content (AvgIpc) is 2.61. The van der Waals surface area contributed by atoms with Gasteiger partial charge in [0.1, 0.15) is 0 Å². The fourth-order valence-corrected chi connectivity index (χ4v) is 2.59. The lowest BCUT2D eigenvalue weighted by atomic mass is 10.2. The third kappa shape index (κ3) is 4.86. The second-order valence-corrected chi connectivity index (χ2v) is 6.05. The van der Waals surface area contributed by atoms with Gasteiger partial charge in [-0.15, -0.1) is 0 Å². The second kappa shape index (κ2) is 8.54. The van der Waals surface area contributed by atoms with Crippen molar-refractivity contribution in [2.24, 2.45) is 0 Å². The summed E-state index contributed by atoms with van der Waals surface area (Å²) in [5.41, 5.74) is 1.59. The number of rotatable bonds is 5. The molecule has 132 valence electrons. The van der Waals surface area contributed by atoms with Crippen molar-refractivity contribution in [3.63, 3.8) is 0 Å². The normalized spacial score (nSPS) is 14.7. The van der Waals surface area contributed by atoms with Gasteiger partial charge in [-0.2, -0.15) is 0 Å². The van der Waals surface area contributed by atoms with Gasteiger partial charge < -0.3 is 24.8 Å². The van der Waals surface area contributed by atoms with Gasteiger partial charge in [-0.05, 0) is 38.4 Å². The SMILES string of the molecule is COC(=O)c1ccc(N2CCN(C(=O)NCCN(C)C)CC2)cc1. The van der Waals surface area contributed by atoms with Crippen LogP contribution in [0.15, 0.2) is 24.3 Å². The Balaban J connectivity index is 1.81. The molecule has 7 heteroatoms. The van der Waals surface area contributed by atoms with Crippen LogP contribution in [0.3, 0.4) is 0 Å². The molecule has 2 rings (SSSR count). The Bertz CT molecular complexity index is 551. The fourth-order valence-electron chi connectivity index (χ4n) is 2.59. The number of ether oxygens (including phenoxy) is 1. The number of methoxy groups -OCH3 is 1. The number of carbonyl (C=O) groups is 2. The summed E-state index contributed by atoms with van der Waals surface area (Å²) in [4.78, 5) is 29.7. The summed E-state index contributed by atoms with van der Waals surface area (Å²) in [6, 6.07) is 7.36. The number of amides is 2. The lowest BCUT2D eigenvalue weighted by molar-refractivity contribution is 0.0600. The first kappa shape index (κ1) is 18.1. The predicted octanol–water partition coefficient (Wildman–Crippen LogP) is 0.866. The topological polar surface area (TPSA) is 65.1 Å². The van der Waals surface area contributed by atoms with Crippen LogP contribution in [-0.4, -0.2) is 82.3 Å². The molecule has 0 atom stereocenters. The van der Waals surface area contributed by atoms with E-state index in [1.165, 1.54) is 7.11 Å². The summed E-state index contributed by atoms with van der Waals surface area (Å²) in [5, 5.41) is 2.94. The maximum absolute atomic E-state index is 12.1. The summed E-state index contributed by atoms with van der Waals surface area (Å²) in [7, 11) is 5.34. The maximum atomic E-state index is 12.1. The van der Waals surface area contributed by atoms with E-state index in [-0.39, 0.29) is 12.0 Å². The highest BCUT2D eigenvalue weighted by Gasteiger charge is 2.21. The van der Waals surface area contributed by atoms with Crippen LogP contribution in [0.1, 0.15) is 10.4 Å². The van der Waals surface area contributed by atoms with Gasteiger partial charge >= 0.3 is 12.0 Å². The second-order valence-electron chi connectivity index (χ2n) is 6.05. The standard InChI is InChI=1S/C17H26N4O3/c1-19(2)9-8-18-17(23)21-12-10-20(11-13-21)15-6-4-14(5-7-15)16(22)24-3/h4-7H,8-13H2,1-3H3,(H,18,23). The number of urea groups is 1. The molecule has 1 aromatic carbocycles. The van der Waals surface area contributed by atoms with E-state index in [9.17, 15) is 9.59 Å². The van der Waals surface area contributed by atoms with Crippen LogP contribution in [0.2, 0.25) is 0 Å². The van der Waals surface area contributed by atoms with Crippen molar-refractivity contribution in [1.29, 1.82) is 0 Å². The van der Waals surface area contributed by atoms with E-state index in [1.807, 2.05) is 36.0 Å². The van der Waals surface area contributed by atoms with Crippen molar-refractivity contribution in [1.82, 2.24) is 15.1 Å². The lowest BCUT2D eigenvalue weighted by Gasteiger charge is -2.36. The summed E-state index contributed by atoms with van der Waals surface area (Å²) in [6.07, 6.45) is 0. The van der Waals surface area contributed by atoms with Crippen LogP contribution < -0.4 is 10.2 Å². The van der Waals surface area contributed by atoms with E-state index in [4.69, 9.17) is 4.74 Å². The smallest absolute Gasteiger partial charge is 0.337 e. The first-order valence-electron chi connectivity index (χ1n) is 8.12. The molecule has 1 fully saturated rings. The Morgan fingerprint density at radius 3 is 2.29 bits per heavy atom. The van der Waals surface area contributed by atoms with Crippen LogP contribution in [0.4, 0.5) is 10.5 Å². The van der Waals surface area contributed by atoms with Crippen LogP contribution in [0, 0.1) is 0 Å². The first-order valence-corrected chi connectivity index (χ1v) is 8.12. The molecule has 1 aliphatic heterocycles. The van der Waals surface area contributed by atoms with Gasteiger partial charge in [-0.1, -0.05) is 0 Å². The lowest BCUT2D eigenvalue weighted by Crippen LogP contribution is -2.52. The molecule has 1 saturated heterocycles. The number of benzene rings is 1. The number of hydrogen-bond acceptors (Lipinski definition) is 5. The molecule has 24 heavy (non-hydrogen) atoms. The number of piperazine rings is 1. The molecule has 1 aromatic rings. The number of carbonyl (C=O) groups excluding carboxylic acids is 2. The first-order chi connectivity index (χ1) is 11.5. The minimum absolute atomic E-state index is 0.00228. The molecule has 7 nitrogen and oxygen atoms in total. The van der Waals surface area contributed by atoms with E-state index < -0.39 is 0 Å². The number of nitrogens with one attached hydrogen (secondary N) is 1. The molecule has 1 N–H and O–H groups in total. The molecule has 0 saturated carbocycles. The minimum Gasteiger partial charge on any atom is -0.465 e. The Hall–Kier alpha value is -2.28. The number of anilines is 1. The van der Waals surface area contributed by atoms with Crippen molar-refractivity contribution in [3.05, 3.63) is 29.8 Å². The van der Waals surface area contributed by atoms with Crippen molar-refractivity contribution in [2.45, 2.75) is 0 Å². The number of esters is 1. The zero-order valence-corrected chi connectivity index (χ0v) is 14.6. The molecular formula is C17H26N4O3. The molecule has 2 amide bonds. The Labute approximate surface area is 143 Å². The largest absolute Gasteiger partial charge is 0.465 e. The third-order valence-electron chi connectivity index (χ3n) is 4.06. The van der Waals surface area contributed by atoms with Gasteiger partial charge in [-0.3, -0.25) is 0 Å². The van der Waals surface area contributed by atoms with Crippen molar-refractivity contribution in [2.75, 3.05) is 65.4 Å². The Morgan fingerprint density at radius 2 is 1.75 bits per heavy atom. The quantitative estimate of drug-likeness (QED) is 0.810. The predicted molar refractivity (Wildman–Crippen MR) is 93.5 cm³/mol. The van der Waals surface area contributed by atoms with Gasteiger partial charge in [0.15, 0.2) is 0 Å². The van der Waals surface area contributed by atoms with Crippen LogP contribution >= 0.6 is 0 Å². The number of nitrogens with zero attached hydrogens (tertiary/aromatic N) is 3. The molecule has 0 aromatic heterocycles. The monoisotopic (exact) mass is 334 g/mol. The van der Waals surface area contributed by atoms with Gasteiger partial charge in [0.2, 0.25) is 0 Å². The van der Waals surface area contributed by atoms with Gasteiger partial charge in [0.25, 0.3) is 0 Å². The summed E-state index contributed by atoms with van der Waals surface area (Å²) < 4.78 is 4.70. The maximum Gasteiger partial charge on any atom is 0.337 e. The zero-order chi connectivity index (χ0) is 17.5. The van der Waals surface area contributed by atoms with Gasteiger partial charge in [-0.25, -0.2) is 9.59 Å². The molecule has 0 bridgehead atoms. The summed E-state index contributed by atoms with van der Waals surface area (Å²) in [5.74, 6) is -0.333. The molecule has 0 radical (unpaired) electrons. The number of likely N-dealkylation sites (N-methyl/N-ethyl adjacent to an activating group) is 1. The number of hydrogen-bond donors (Lipinski definition) is 1. The van der Waals surface area contributed by atoms with Crippen LogP contribution in [-0.2, 0) is 4.74 Å². The van der Waals surface area contributed by atoms with E-state index in [0.29, 0.717) is 25.2 Å². The van der Waals surface area contributed by atoms with Crippen LogP contribution in [0.5, 0.6) is 0 Å². The zero-order valence-electron chi connectivity index (χ0n) is 14.6. The average molecular weight is 334 g/mol. The van der Waals surface area contributed by atoms with Crippen LogP contribution in [0.25, 0.3) is 0 Å². The highest BCUT2D eigenvalue weighted by molar-refractivity contribution is 5.89. The highest BCUT2D eigenvalue weighted by Crippen LogP contribution is 2.17.